The van der Waals surface area contributed by atoms with Crippen LogP contribution >= 0.6 is 0 Å². The van der Waals surface area contributed by atoms with Crippen molar-refractivity contribution < 1.29 is 13.9 Å². The zero-order valence-corrected chi connectivity index (χ0v) is 22.2. The van der Waals surface area contributed by atoms with Crippen LogP contribution in [0.5, 0.6) is 0 Å². The molecule has 0 saturated carbocycles. The topological polar surface area (TPSA) is 111 Å². The lowest BCUT2D eigenvalue weighted by Gasteiger charge is -2.27. The van der Waals surface area contributed by atoms with Crippen molar-refractivity contribution in [2.45, 2.75) is 0 Å². The number of H-pyrrole nitrogens is 2. The number of nitrogens with one attached hydrogen (secondary N) is 4. The Labute approximate surface area is 235 Å². The Kier molecular flexibility index (Phi) is 7.29. The number of morpholine rings is 1. The average molecular weight is 550 g/mol. The number of allylic oxidation sites excluding steroid dienone is 8. The first kappa shape index (κ1) is 26.0. The Hall–Kier alpha value is -5.22. The molecule has 41 heavy (non-hydrogen) atoms. The Morgan fingerprint density at radius 3 is 2.68 bits per heavy atom. The van der Waals surface area contributed by atoms with Crippen LogP contribution in [-0.2, 0) is 4.74 Å². The second kappa shape index (κ2) is 11.5. The molecule has 0 radical (unpaired) electrons. The number of nitrogens with zero attached hydrogens (tertiary/aromatic N) is 3. The number of fused-ring (bicyclic) bond motifs is 1. The van der Waals surface area contributed by atoms with Crippen molar-refractivity contribution in [2.24, 2.45) is 0 Å². The van der Waals surface area contributed by atoms with E-state index < -0.39 is 6.03 Å². The van der Waals surface area contributed by atoms with Crippen molar-refractivity contribution in [2.75, 3.05) is 41.8 Å². The Morgan fingerprint density at radius 1 is 1.05 bits per heavy atom. The summed E-state index contributed by atoms with van der Waals surface area (Å²) in [5, 5.41) is 6.60. The summed E-state index contributed by atoms with van der Waals surface area (Å²) in [6.07, 6.45) is 13.0. The van der Waals surface area contributed by atoms with Gasteiger partial charge in [0.1, 0.15) is 29.4 Å². The zero-order valence-electron chi connectivity index (χ0n) is 22.2. The molecule has 1 aromatic carbocycles. The molecule has 4 N–H and O–H groups in total. The zero-order chi connectivity index (χ0) is 28.2. The molecule has 10 heteroatoms. The summed E-state index contributed by atoms with van der Waals surface area (Å²) < 4.78 is 19.6. The molecule has 9 nitrogen and oxygen atoms in total. The fraction of sp³-hybridized carbons (Fsp3) is 0.129. The fourth-order valence-corrected chi connectivity index (χ4v) is 4.85. The number of carbonyl (C=O) groups excluding carboxylic acids is 1. The lowest BCUT2D eigenvalue weighted by atomic mass is 10.0. The molecular weight excluding hydrogens is 521 g/mol. The molecule has 0 atom stereocenters. The van der Waals surface area contributed by atoms with E-state index in [1.807, 2.05) is 36.4 Å². The maximum Gasteiger partial charge on any atom is 0.324 e. The van der Waals surface area contributed by atoms with Crippen LogP contribution in [0.15, 0.2) is 91.6 Å². The molecule has 3 aromatic heterocycles. The molecule has 0 unspecified atom stereocenters. The first-order chi connectivity index (χ1) is 20.1. The number of hydrogen-bond acceptors (Lipinski definition) is 5. The molecule has 1 aliphatic heterocycles. The minimum Gasteiger partial charge on any atom is -0.378 e. The molecule has 206 valence electrons. The molecule has 2 aliphatic rings. The third-order valence-corrected chi connectivity index (χ3v) is 6.83. The SMILES string of the molecule is C=Cc1[nH]c(NC(=O)Nc2ccc(-c3cc4c(N5CCOCC5)ncnc4[nH]3)cc2)cc1C1=C/C(F)=C\C=C/C=C\1. The van der Waals surface area contributed by atoms with E-state index in [-0.39, 0.29) is 5.83 Å². The van der Waals surface area contributed by atoms with Crippen LogP contribution in [0.3, 0.4) is 0 Å². The van der Waals surface area contributed by atoms with E-state index in [9.17, 15) is 9.18 Å². The maximum absolute atomic E-state index is 14.1. The lowest BCUT2D eigenvalue weighted by molar-refractivity contribution is 0.122. The van der Waals surface area contributed by atoms with Gasteiger partial charge in [0.2, 0.25) is 0 Å². The fourth-order valence-electron chi connectivity index (χ4n) is 4.85. The van der Waals surface area contributed by atoms with E-state index in [1.54, 1.807) is 36.7 Å². The van der Waals surface area contributed by atoms with Gasteiger partial charge in [-0.1, -0.05) is 43.0 Å². The molecule has 4 aromatic rings. The van der Waals surface area contributed by atoms with Gasteiger partial charge in [0.15, 0.2) is 0 Å². The van der Waals surface area contributed by atoms with Crippen LogP contribution in [0.25, 0.3) is 33.9 Å². The number of benzene rings is 1. The third-order valence-electron chi connectivity index (χ3n) is 6.83. The Balaban J connectivity index is 1.15. The van der Waals surface area contributed by atoms with E-state index in [1.165, 1.54) is 12.2 Å². The van der Waals surface area contributed by atoms with Crippen molar-refractivity contribution in [1.82, 2.24) is 19.9 Å². The van der Waals surface area contributed by atoms with E-state index in [2.05, 4.69) is 42.0 Å². The Morgan fingerprint density at radius 2 is 1.88 bits per heavy atom. The second-order valence-electron chi connectivity index (χ2n) is 9.51. The van der Waals surface area contributed by atoms with Crippen LogP contribution in [-0.4, -0.2) is 52.3 Å². The first-order valence-electron chi connectivity index (χ1n) is 13.2. The predicted molar refractivity (Wildman–Crippen MR) is 161 cm³/mol. The van der Waals surface area contributed by atoms with Gasteiger partial charge in [0.05, 0.1) is 18.6 Å². The summed E-state index contributed by atoms with van der Waals surface area (Å²) in [5.41, 5.74) is 5.27. The normalized spacial score (nSPS) is 19.3. The largest absolute Gasteiger partial charge is 0.378 e. The van der Waals surface area contributed by atoms with Gasteiger partial charge in [0.25, 0.3) is 0 Å². The summed E-state index contributed by atoms with van der Waals surface area (Å²) >= 11 is 0. The number of aromatic nitrogens is 4. The van der Waals surface area contributed by atoms with Crippen LogP contribution in [0, 0.1) is 0 Å². The molecule has 4 heterocycles. The van der Waals surface area contributed by atoms with Gasteiger partial charge in [-0.25, -0.2) is 19.2 Å². The highest BCUT2D eigenvalue weighted by atomic mass is 19.1. The van der Waals surface area contributed by atoms with E-state index in [0.29, 0.717) is 36.0 Å². The predicted octanol–water partition coefficient (Wildman–Crippen LogP) is 6.44. The van der Waals surface area contributed by atoms with E-state index >= 15 is 0 Å². The van der Waals surface area contributed by atoms with Crippen LogP contribution in [0.2, 0.25) is 0 Å². The number of amides is 2. The van der Waals surface area contributed by atoms with Gasteiger partial charge < -0.3 is 24.9 Å². The van der Waals surface area contributed by atoms with Crippen LogP contribution in [0.1, 0.15) is 11.3 Å². The van der Waals surface area contributed by atoms with Crippen molar-refractivity contribution >= 4 is 46.0 Å². The number of rotatable bonds is 6. The summed E-state index contributed by atoms with van der Waals surface area (Å²) in [7, 11) is 0. The second-order valence-corrected chi connectivity index (χ2v) is 9.51. The number of hydrogen-bond donors (Lipinski definition) is 4. The molecule has 0 spiro atoms. The molecule has 1 aliphatic carbocycles. The highest BCUT2D eigenvalue weighted by Crippen LogP contribution is 2.30. The van der Waals surface area contributed by atoms with Gasteiger partial charge >= 0.3 is 6.03 Å². The highest BCUT2D eigenvalue weighted by Gasteiger charge is 2.18. The van der Waals surface area contributed by atoms with Crippen molar-refractivity contribution in [3.63, 3.8) is 0 Å². The lowest BCUT2D eigenvalue weighted by Crippen LogP contribution is -2.36. The number of halogens is 1. The highest BCUT2D eigenvalue weighted by molar-refractivity contribution is 6.00. The minimum atomic E-state index is -0.423. The van der Waals surface area contributed by atoms with Crippen molar-refractivity contribution in [3.05, 3.63) is 103 Å². The number of ether oxygens (including phenoxy) is 1. The van der Waals surface area contributed by atoms with E-state index in [0.717, 1.165) is 46.8 Å². The minimum absolute atomic E-state index is 0.370. The standard InChI is InChI=1S/C31H28FN7O2/c1-2-26-24(21-6-4-3-5-7-22(32)16-21)18-28(36-26)38-31(40)35-23-10-8-20(9-11-23)27-17-25-29(37-27)33-19-34-30(25)39-12-14-41-15-13-39/h2-11,16-19,36H,1,12-15H2,(H,33,34,37)(H2,35,38,40)/b4-3?,5-3-,6-4-,7-5?,21-6?,21-16+,22-7+,22-16?. The van der Waals surface area contributed by atoms with Gasteiger partial charge in [-0.2, -0.15) is 0 Å². The number of aromatic amines is 2. The Bertz CT molecular complexity index is 1720. The van der Waals surface area contributed by atoms with Gasteiger partial charge in [-0.05, 0) is 53.6 Å². The summed E-state index contributed by atoms with van der Waals surface area (Å²) in [4.78, 5) is 30.4. The molecular formula is C31H28FN7O2. The molecule has 1 saturated heterocycles. The molecule has 0 bridgehead atoms. The van der Waals surface area contributed by atoms with Crippen molar-refractivity contribution in [3.8, 4) is 11.3 Å². The van der Waals surface area contributed by atoms with Gasteiger partial charge in [-0.3, -0.25) is 5.32 Å². The summed E-state index contributed by atoms with van der Waals surface area (Å²) in [6, 6.07) is 10.9. The molecule has 6 rings (SSSR count). The number of carbonyl (C=O) groups is 1. The number of anilines is 3. The number of urea groups is 1. The van der Waals surface area contributed by atoms with E-state index in [4.69, 9.17) is 4.74 Å². The summed E-state index contributed by atoms with van der Waals surface area (Å²) in [5.74, 6) is 0.976. The average Bonchev–Trinajstić information content (AvgIpc) is 3.60. The van der Waals surface area contributed by atoms with Crippen LogP contribution in [0.4, 0.5) is 26.5 Å². The maximum atomic E-state index is 14.1. The smallest absolute Gasteiger partial charge is 0.324 e. The molecule has 1 fully saturated rings. The third kappa shape index (κ3) is 5.73. The van der Waals surface area contributed by atoms with Crippen molar-refractivity contribution in [1.29, 1.82) is 0 Å². The van der Waals surface area contributed by atoms with Gasteiger partial charge in [0, 0.05) is 35.7 Å². The first-order valence-corrected chi connectivity index (χ1v) is 13.2. The van der Waals surface area contributed by atoms with Crippen LogP contribution < -0.4 is 15.5 Å². The monoisotopic (exact) mass is 549 g/mol. The molecule has 2 amide bonds. The summed E-state index contributed by atoms with van der Waals surface area (Å²) in [6.45, 7) is 6.76. The quantitative estimate of drug-likeness (QED) is 0.221. The van der Waals surface area contributed by atoms with Gasteiger partial charge in [-0.15, -0.1) is 0 Å².